The number of benzene rings is 3. The van der Waals surface area contributed by atoms with Crippen LogP contribution in [0.25, 0.3) is 5.69 Å². The number of nitrogens with one attached hydrogen (secondary N) is 1. The zero-order chi connectivity index (χ0) is 23.9. The van der Waals surface area contributed by atoms with Crippen LogP contribution in [0.2, 0.25) is 0 Å². The van der Waals surface area contributed by atoms with Gasteiger partial charge in [0.15, 0.2) is 0 Å². The molecule has 0 spiro atoms. The van der Waals surface area contributed by atoms with E-state index < -0.39 is 0 Å². The van der Waals surface area contributed by atoms with Gasteiger partial charge >= 0.3 is 0 Å². The summed E-state index contributed by atoms with van der Waals surface area (Å²) in [6.07, 6.45) is 1.71. The maximum absolute atomic E-state index is 12.5. The Kier molecular flexibility index (Phi) is 7.65. The molecule has 1 N–H and O–H groups in total. The Hall–Kier alpha value is -3.57. The third-order valence-electron chi connectivity index (χ3n) is 5.73. The van der Waals surface area contributed by atoms with Gasteiger partial charge in [-0.1, -0.05) is 60.2 Å². The molecule has 34 heavy (non-hydrogen) atoms. The zero-order valence-corrected chi connectivity index (χ0v) is 20.6. The van der Waals surface area contributed by atoms with E-state index in [1.54, 1.807) is 6.21 Å². The maximum Gasteiger partial charge on any atom is 0.271 e. The molecule has 0 aliphatic heterocycles. The molecular formula is C29H29N3OS. The number of carbonyl (C=O) groups excluding carboxylic acids is 1. The SMILES string of the molecule is Cc1ccc(-n2c(C)cc(/C=N/NC(=O)c3ccc(CSCc4ccccc4)cc3)c2C)cc1. The lowest BCUT2D eigenvalue weighted by atomic mass is 10.1. The lowest BCUT2D eigenvalue weighted by Crippen LogP contribution is -2.17. The van der Waals surface area contributed by atoms with Crippen LogP contribution in [0, 0.1) is 20.8 Å². The average Bonchev–Trinajstić information content (AvgIpc) is 3.13. The van der Waals surface area contributed by atoms with E-state index in [0.717, 1.165) is 34.1 Å². The second-order valence-corrected chi connectivity index (χ2v) is 9.36. The topological polar surface area (TPSA) is 46.4 Å². The lowest BCUT2D eigenvalue weighted by Gasteiger charge is -2.09. The normalized spacial score (nSPS) is 11.1. The molecular weight excluding hydrogens is 438 g/mol. The van der Waals surface area contributed by atoms with Gasteiger partial charge in [0, 0.05) is 39.7 Å². The average molecular weight is 468 g/mol. The monoisotopic (exact) mass is 467 g/mol. The molecule has 0 saturated heterocycles. The van der Waals surface area contributed by atoms with Gasteiger partial charge in [0.2, 0.25) is 0 Å². The number of hydrazone groups is 1. The van der Waals surface area contributed by atoms with Crippen LogP contribution < -0.4 is 5.43 Å². The summed E-state index contributed by atoms with van der Waals surface area (Å²) in [6, 6.07) is 28.7. The second-order valence-electron chi connectivity index (χ2n) is 8.37. The molecule has 4 nitrogen and oxygen atoms in total. The Morgan fingerprint density at radius 1 is 0.882 bits per heavy atom. The number of rotatable bonds is 8. The van der Waals surface area contributed by atoms with Gasteiger partial charge in [0.25, 0.3) is 5.91 Å². The van der Waals surface area contributed by atoms with Crippen LogP contribution in [0.15, 0.2) is 90.0 Å². The smallest absolute Gasteiger partial charge is 0.271 e. The minimum atomic E-state index is -0.216. The van der Waals surface area contributed by atoms with Gasteiger partial charge in [-0.15, -0.1) is 0 Å². The lowest BCUT2D eigenvalue weighted by molar-refractivity contribution is 0.0955. The molecule has 1 heterocycles. The predicted octanol–water partition coefficient (Wildman–Crippen LogP) is 6.60. The summed E-state index contributed by atoms with van der Waals surface area (Å²) in [5.74, 6) is 1.67. The molecule has 172 valence electrons. The summed E-state index contributed by atoms with van der Waals surface area (Å²) in [5.41, 5.74) is 11.3. The predicted molar refractivity (Wildman–Crippen MR) is 143 cm³/mol. The summed E-state index contributed by atoms with van der Waals surface area (Å²) in [4.78, 5) is 12.5. The number of thioether (sulfide) groups is 1. The van der Waals surface area contributed by atoms with E-state index in [-0.39, 0.29) is 5.91 Å². The van der Waals surface area contributed by atoms with E-state index in [9.17, 15) is 4.79 Å². The molecule has 1 aromatic heterocycles. The molecule has 0 saturated carbocycles. The summed E-state index contributed by atoms with van der Waals surface area (Å²) in [5, 5.41) is 4.20. The Labute approximate surface area is 205 Å². The van der Waals surface area contributed by atoms with Crippen molar-refractivity contribution >= 4 is 23.9 Å². The summed E-state index contributed by atoms with van der Waals surface area (Å²) in [7, 11) is 0. The molecule has 4 aromatic rings. The number of hydrogen-bond donors (Lipinski definition) is 1. The first-order valence-electron chi connectivity index (χ1n) is 11.3. The highest BCUT2D eigenvalue weighted by molar-refractivity contribution is 7.97. The zero-order valence-electron chi connectivity index (χ0n) is 19.8. The van der Waals surface area contributed by atoms with E-state index in [2.05, 4.69) is 90.5 Å². The quantitative estimate of drug-likeness (QED) is 0.234. The molecule has 3 aromatic carbocycles. The van der Waals surface area contributed by atoms with Crippen molar-refractivity contribution < 1.29 is 4.79 Å². The number of hydrogen-bond acceptors (Lipinski definition) is 3. The van der Waals surface area contributed by atoms with Crippen molar-refractivity contribution in [2.75, 3.05) is 0 Å². The maximum atomic E-state index is 12.5. The standard InChI is InChI=1S/C29H29N3OS/c1-21-9-15-28(16-10-21)32-22(2)17-27(23(32)3)18-30-31-29(33)26-13-11-25(12-14-26)20-34-19-24-7-5-4-6-8-24/h4-18H,19-20H2,1-3H3,(H,31,33)/b30-18+. The van der Waals surface area contributed by atoms with Gasteiger partial charge in [-0.25, -0.2) is 5.43 Å². The fourth-order valence-electron chi connectivity index (χ4n) is 3.85. The van der Waals surface area contributed by atoms with Gasteiger partial charge in [0.1, 0.15) is 0 Å². The molecule has 0 atom stereocenters. The molecule has 0 aliphatic rings. The van der Waals surface area contributed by atoms with Crippen LogP contribution in [-0.2, 0) is 11.5 Å². The number of aromatic nitrogens is 1. The van der Waals surface area contributed by atoms with Crippen molar-refractivity contribution in [3.63, 3.8) is 0 Å². The van der Waals surface area contributed by atoms with Gasteiger partial charge in [-0.05, 0) is 62.2 Å². The first-order valence-corrected chi connectivity index (χ1v) is 12.5. The van der Waals surface area contributed by atoms with E-state index in [4.69, 9.17) is 0 Å². The summed E-state index contributed by atoms with van der Waals surface area (Å²) >= 11 is 1.86. The number of aryl methyl sites for hydroxylation is 2. The molecule has 0 unspecified atom stereocenters. The highest BCUT2D eigenvalue weighted by Gasteiger charge is 2.10. The van der Waals surface area contributed by atoms with E-state index in [1.807, 2.05) is 42.1 Å². The van der Waals surface area contributed by atoms with Crippen LogP contribution in [0.4, 0.5) is 0 Å². The van der Waals surface area contributed by atoms with E-state index in [0.29, 0.717) is 5.56 Å². The molecule has 4 rings (SSSR count). The first-order chi connectivity index (χ1) is 16.5. The van der Waals surface area contributed by atoms with Gasteiger partial charge in [-0.2, -0.15) is 16.9 Å². The largest absolute Gasteiger partial charge is 0.318 e. The van der Waals surface area contributed by atoms with Gasteiger partial charge < -0.3 is 4.57 Å². The van der Waals surface area contributed by atoms with Crippen LogP contribution in [0.1, 0.15) is 44.0 Å². The number of nitrogens with zero attached hydrogens (tertiary/aromatic N) is 2. The summed E-state index contributed by atoms with van der Waals surface area (Å²) < 4.78 is 2.19. The van der Waals surface area contributed by atoms with Crippen LogP contribution in [0.3, 0.4) is 0 Å². The Morgan fingerprint density at radius 3 is 2.21 bits per heavy atom. The minimum absolute atomic E-state index is 0.216. The van der Waals surface area contributed by atoms with E-state index in [1.165, 1.54) is 16.7 Å². The van der Waals surface area contributed by atoms with E-state index >= 15 is 0 Å². The van der Waals surface area contributed by atoms with Gasteiger partial charge in [-0.3, -0.25) is 4.79 Å². The van der Waals surface area contributed by atoms with Crippen molar-refractivity contribution in [1.29, 1.82) is 0 Å². The highest BCUT2D eigenvalue weighted by Crippen LogP contribution is 2.20. The fourth-order valence-corrected chi connectivity index (χ4v) is 4.81. The van der Waals surface area contributed by atoms with Gasteiger partial charge in [0.05, 0.1) is 6.21 Å². The summed E-state index contributed by atoms with van der Waals surface area (Å²) in [6.45, 7) is 6.21. The number of carbonyl (C=O) groups is 1. The van der Waals surface area contributed by atoms with Crippen molar-refractivity contribution in [2.24, 2.45) is 5.10 Å². The van der Waals surface area contributed by atoms with Crippen molar-refractivity contribution in [3.05, 3.63) is 124 Å². The second kappa shape index (κ2) is 11.0. The fraction of sp³-hybridized carbons (Fsp3) is 0.172. The van der Waals surface area contributed by atoms with Crippen LogP contribution >= 0.6 is 11.8 Å². The molecule has 0 radical (unpaired) electrons. The van der Waals surface area contributed by atoms with Crippen molar-refractivity contribution in [1.82, 2.24) is 9.99 Å². The molecule has 1 amide bonds. The highest BCUT2D eigenvalue weighted by atomic mass is 32.2. The molecule has 0 aliphatic carbocycles. The number of amides is 1. The molecule has 0 fully saturated rings. The van der Waals surface area contributed by atoms with Crippen molar-refractivity contribution in [3.8, 4) is 5.69 Å². The first kappa shape index (κ1) is 23.6. The van der Waals surface area contributed by atoms with Crippen LogP contribution in [-0.4, -0.2) is 16.7 Å². The Balaban J connectivity index is 1.33. The van der Waals surface area contributed by atoms with Crippen LogP contribution in [0.5, 0.6) is 0 Å². The Bertz CT molecular complexity index is 1270. The Morgan fingerprint density at radius 2 is 1.53 bits per heavy atom. The minimum Gasteiger partial charge on any atom is -0.318 e. The molecule has 5 heteroatoms. The van der Waals surface area contributed by atoms with Crippen molar-refractivity contribution in [2.45, 2.75) is 32.3 Å². The third kappa shape index (κ3) is 5.86. The molecule has 0 bridgehead atoms. The third-order valence-corrected chi connectivity index (χ3v) is 6.80.